The van der Waals surface area contributed by atoms with E-state index in [0.717, 1.165) is 37.9 Å². The number of benzene rings is 1. The lowest BCUT2D eigenvalue weighted by molar-refractivity contribution is -0.134. The first-order chi connectivity index (χ1) is 11.6. The molecule has 1 aliphatic carbocycles. The van der Waals surface area contributed by atoms with Crippen LogP contribution in [-0.4, -0.2) is 31.5 Å². The number of carbonyl (C=O) groups is 2. The van der Waals surface area contributed by atoms with Crippen molar-refractivity contribution in [3.05, 3.63) is 29.8 Å². The van der Waals surface area contributed by atoms with Gasteiger partial charge in [-0.3, -0.25) is 9.59 Å². The fourth-order valence-corrected chi connectivity index (χ4v) is 3.95. The van der Waals surface area contributed by atoms with Crippen molar-refractivity contribution >= 4 is 11.8 Å². The molecular weight excluding hydrogens is 306 g/mol. The second-order valence-electron chi connectivity index (χ2n) is 6.81. The van der Waals surface area contributed by atoms with Gasteiger partial charge in [0, 0.05) is 13.1 Å². The summed E-state index contributed by atoms with van der Waals surface area (Å²) < 4.78 is 5.30. The molecule has 6 heteroatoms. The number of carbonyl (C=O) groups excluding carboxylic acids is 2. The standard InChI is InChI=1S/C18H25N3O3/c19-16(22)11-24-15-6-3-4-13(8-15)9-21-17(23)18-7-2-1-5-14(18)10-20-12-18/h3-4,6,8,14,20H,1-2,5,7,9-12H2,(H2,19,22)(H,21,23)/t14-,18+/m0/s1. The zero-order valence-corrected chi connectivity index (χ0v) is 13.8. The molecule has 6 nitrogen and oxygen atoms in total. The van der Waals surface area contributed by atoms with Crippen LogP contribution in [0.5, 0.6) is 5.75 Å². The van der Waals surface area contributed by atoms with Crippen LogP contribution in [0, 0.1) is 11.3 Å². The lowest BCUT2D eigenvalue weighted by Gasteiger charge is -2.37. The van der Waals surface area contributed by atoms with Crippen molar-refractivity contribution in [3.8, 4) is 5.75 Å². The van der Waals surface area contributed by atoms with Crippen LogP contribution in [0.4, 0.5) is 0 Å². The molecule has 130 valence electrons. The summed E-state index contributed by atoms with van der Waals surface area (Å²) in [5, 5.41) is 6.49. The van der Waals surface area contributed by atoms with E-state index in [1.165, 1.54) is 6.42 Å². The molecule has 0 radical (unpaired) electrons. The molecule has 1 aliphatic heterocycles. The smallest absolute Gasteiger partial charge is 0.255 e. The van der Waals surface area contributed by atoms with Gasteiger partial charge in [0.2, 0.25) is 5.91 Å². The minimum absolute atomic E-state index is 0.147. The highest BCUT2D eigenvalue weighted by molar-refractivity contribution is 5.83. The number of primary amides is 1. The van der Waals surface area contributed by atoms with E-state index in [2.05, 4.69) is 10.6 Å². The molecular formula is C18H25N3O3. The SMILES string of the molecule is NC(=O)COc1cccc(CNC(=O)[C@@]23CCCC[C@H]2CNC3)c1. The van der Waals surface area contributed by atoms with E-state index in [4.69, 9.17) is 10.5 Å². The molecule has 1 aromatic carbocycles. The summed E-state index contributed by atoms with van der Waals surface area (Å²) in [5.41, 5.74) is 5.79. The van der Waals surface area contributed by atoms with Gasteiger partial charge in [0.05, 0.1) is 5.41 Å². The van der Waals surface area contributed by atoms with Crippen LogP contribution in [0.1, 0.15) is 31.2 Å². The van der Waals surface area contributed by atoms with Crippen molar-refractivity contribution in [2.75, 3.05) is 19.7 Å². The van der Waals surface area contributed by atoms with Crippen LogP contribution in [0.25, 0.3) is 0 Å². The van der Waals surface area contributed by atoms with Crippen LogP contribution in [0.15, 0.2) is 24.3 Å². The van der Waals surface area contributed by atoms with Crippen molar-refractivity contribution in [3.63, 3.8) is 0 Å². The van der Waals surface area contributed by atoms with Crippen LogP contribution in [0.2, 0.25) is 0 Å². The first-order valence-corrected chi connectivity index (χ1v) is 8.59. The Morgan fingerprint density at radius 1 is 1.38 bits per heavy atom. The number of hydrogen-bond donors (Lipinski definition) is 3. The average Bonchev–Trinajstić information content (AvgIpc) is 3.03. The normalized spacial score (nSPS) is 25.8. The van der Waals surface area contributed by atoms with Crippen LogP contribution in [-0.2, 0) is 16.1 Å². The topological polar surface area (TPSA) is 93.5 Å². The zero-order valence-electron chi connectivity index (χ0n) is 13.8. The highest BCUT2D eigenvalue weighted by atomic mass is 16.5. The molecule has 1 saturated heterocycles. The summed E-state index contributed by atoms with van der Waals surface area (Å²) in [6, 6.07) is 7.37. The summed E-state index contributed by atoms with van der Waals surface area (Å²) in [4.78, 5) is 23.6. The second kappa shape index (κ2) is 7.21. The van der Waals surface area contributed by atoms with E-state index in [0.29, 0.717) is 18.2 Å². The number of ether oxygens (including phenoxy) is 1. The Labute approximate surface area is 142 Å². The van der Waals surface area contributed by atoms with Gasteiger partial charge < -0.3 is 21.1 Å². The fourth-order valence-electron chi connectivity index (χ4n) is 3.95. The highest BCUT2D eigenvalue weighted by Gasteiger charge is 2.49. The lowest BCUT2D eigenvalue weighted by Crippen LogP contribution is -2.47. The van der Waals surface area contributed by atoms with Gasteiger partial charge in [-0.15, -0.1) is 0 Å². The quantitative estimate of drug-likeness (QED) is 0.723. The molecule has 0 aromatic heterocycles. The predicted octanol–water partition coefficient (Wildman–Crippen LogP) is 0.947. The van der Waals surface area contributed by atoms with Crippen molar-refractivity contribution in [1.82, 2.24) is 10.6 Å². The van der Waals surface area contributed by atoms with Crippen molar-refractivity contribution < 1.29 is 14.3 Å². The zero-order chi connectivity index (χ0) is 17.0. The molecule has 0 spiro atoms. The molecule has 0 bridgehead atoms. The Hall–Kier alpha value is -2.08. The third kappa shape index (κ3) is 3.53. The number of hydrogen-bond acceptors (Lipinski definition) is 4. The number of rotatable bonds is 6. The number of fused-ring (bicyclic) bond motifs is 1. The minimum Gasteiger partial charge on any atom is -0.484 e. The van der Waals surface area contributed by atoms with Crippen molar-refractivity contribution in [2.24, 2.45) is 17.1 Å². The van der Waals surface area contributed by atoms with E-state index in [9.17, 15) is 9.59 Å². The first-order valence-electron chi connectivity index (χ1n) is 8.59. The summed E-state index contributed by atoms with van der Waals surface area (Å²) in [6.45, 7) is 2.04. The summed E-state index contributed by atoms with van der Waals surface area (Å²) >= 11 is 0. The van der Waals surface area contributed by atoms with Crippen LogP contribution < -0.4 is 21.1 Å². The van der Waals surface area contributed by atoms with Gasteiger partial charge in [-0.2, -0.15) is 0 Å². The molecule has 2 atom stereocenters. The fraction of sp³-hybridized carbons (Fsp3) is 0.556. The van der Waals surface area contributed by atoms with Crippen molar-refractivity contribution in [1.29, 1.82) is 0 Å². The summed E-state index contributed by atoms with van der Waals surface area (Å²) in [7, 11) is 0. The Kier molecular flexibility index (Phi) is 5.04. The number of nitrogens with one attached hydrogen (secondary N) is 2. The van der Waals surface area contributed by atoms with E-state index < -0.39 is 5.91 Å². The molecule has 1 aromatic rings. The maximum atomic E-state index is 12.8. The van der Waals surface area contributed by atoms with Gasteiger partial charge >= 0.3 is 0 Å². The van der Waals surface area contributed by atoms with Gasteiger partial charge in [0.25, 0.3) is 5.91 Å². The Balaban J connectivity index is 1.60. The Bertz CT molecular complexity index is 619. The second-order valence-corrected chi connectivity index (χ2v) is 6.81. The summed E-state index contributed by atoms with van der Waals surface area (Å²) in [5.74, 6) is 0.679. The van der Waals surface area contributed by atoms with Crippen LogP contribution >= 0.6 is 0 Å². The maximum Gasteiger partial charge on any atom is 0.255 e. The Morgan fingerprint density at radius 2 is 2.25 bits per heavy atom. The molecule has 2 amide bonds. The molecule has 0 unspecified atom stereocenters. The largest absolute Gasteiger partial charge is 0.484 e. The third-order valence-electron chi connectivity index (χ3n) is 5.22. The monoisotopic (exact) mass is 331 g/mol. The van der Waals surface area contributed by atoms with Gasteiger partial charge in [-0.25, -0.2) is 0 Å². The Morgan fingerprint density at radius 3 is 3.08 bits per heavy atom. The molecule has 3 rings (SSSR count). The molecule has 2 fully saturated rings. The van der Waals surface area contributed by atoms with Gasteiger partial charge in [-0.1, -0.05) is 25.0 Å². The molecule has 2 aliphatic rings. The average molecular weight is 331 g/mol. The molecule has 24 heavy (non-hydrogen) atoms. The van der Waals surface area contributed by atoms with E-state index in [1.807, 2.05) is 18.2 Å². The summed E-state index contributed by atoms with van der Waals surface area (Å²) in [6.07, 6.45) is 4.46. The first kappa shape index (κ1) is 16.8. The van der Waals surface area contributed by atoms with E-state index in [1.54, 1.807) is 6.07 Å². The lowest BCUT2D eigenvalue weighted by atomic mass is 9.67. The molecule has 1 heterocycles. The van der Waals surface area contributed by atoms with Gasteiger partial charge in [0.15, 0.2) is 6.61 Å². The van der Waals surface area contributed by atoms with Gasteiger partial charge in [-0.05, 0) is 43.0 Å². The highest BCUT2D eigenvalue weighted by Crippen LogP contribution is 2.43. The molecule has 4 N–H and O–H groups in total. The third-order valence-corrected chi connectivity index (χ3v) is 5.22. The maximum absolute atomic E-state index is 12.8. The van der Waals surface area contributed by atoms with Crippen LogP contribution in [0.3, 0.4) is 0 Å². The number of amides is 2. The minimum atomic E-state index is -0.509. The van der Waals surface area contributed by atoms with E-state index in [-0.39, 0.29) is 17.9 Å². The number of nitrogens with two attached hydrogens (primary N) is 1. The van der Waals surface area contributed by atoms with E-state index >= 15 is 0 Å². The predicted molar refractivity (Wildman–Crippen MR) is 90.2 cm³/mol. The molecule has 1 saturated carbocycles. The van der Waals surface area contributed by atoms with Crippen molar-refractivity contribution in [2.45, 2.75) is 32.2 Å². The van der Waals surface area contributed by atoms with Gasteiger partial charge in [0.1, 0.15) is 5.75 Å².